The number of fused-ring (bicyclic) bond motifs is 3. The van der Waals surface area contributed by atoms with Crippen LogP contribution in [0.4, 0.5) is 0 Å². The largest absolute Gasteiger partial charge is 0.481 e. The van der Waals surface area contributed by atoms with E-state index < -0.39 is 11.9 Å². The lowest BCUT2D eigenvalue weighted by molar-refractivity contribution is -0.134. The van der Waals surface area contributed by atoms with Crippen LogP contribution >= 0.6 is 11.8 Å². The van der Waals surface area contributed by atoms with E-state index in [2.05, 4.69) is 53.8 Å². The van der Waals surface area contributed by atoms with Crippen molar-refractivity contribution in [3.8, 4) is 5.75 Å². The van der Waals surface area contributed by atoms with Gasteiger partial charge in [0.1, 0.15) is 11.4 Å². The number of nitrogens with one attached hydrogen (secondary N) is 1. The Hall–Kier alpha value is -2.77. The van der Waals surface area contributed by atoms with Crippen LogP contribution in [-0.4, -0.2) is 35.2 Å². The van der Waals surface area contributed by atoms with Gasteiger partial charge in [-0.05, 0) is 31.3 Å². The van der Waals surface area contributed by atoms with Gasteiger partial charge < -0.3 is 20.3 Å². The Labute approximate surface area is 167 Å². The number of ether oxygens (including phenoxy) is 1. The monoisotopic (exact) mass is 399 g/mol. The van der Waals surface area contributed by atoms with Crippen LogP contribution in [0.5, 0.6) is 5.75 Å². The minimum Gasteiger partial charge on any atom is -0.481 e. The van der Waals surface area contributed by atoms with Gasteiger partial charge in [-0.1, -0.05) is 42.1 Å². The third-order valence-corrected chi connectivity index (χ3v) is 5.67. The normalized spacial score (nSPS) is 16.7. The van der Waals surface area contributed by atoms with Gasteiger partial charge in [-0.2, -0.15) is 0 Å². The quantitative estimate of drug-likeness (QED) is 0.665. The highest BCUT2D eigenvalue weighted by Crippen LogP contribution is 2.48. The highest BCUT2D eigenvalue weighted by Gasteiger charge is 2.40. The van der Waals surface area contributed by atoms with Crippen molar-refractivity contribution in [2.24, 2.45) is 0 Å². The van der Waals surface area contributed by atoms with E-state index in [1.165, 1.54) is 15.4 Å². The van der Waals surface area contributed by atoms with Gasteiger partial charge in [0.25, 0.3) is 0 Å². The van der Waals surface area contributed by atoms with E-state index in [0.29, 0.717) is 12.2 Å². The van der Waals surface area contributed by atoms with E-state index in [4.69, 9.17) is 14.9 Å². The molecule has 7 heteroatoms. The molecule has 2 aliphatic heterocycles. The fourth-order valence-corrected chi connectivity index (χ4v) is 4.38. The lowest BCUT2D eigenvalue weighted by atomic mass is 9.84. The van der Waals surface area contributed by atoms with E-state index in [1.807, 2.05) is 11.8 Å². The second kappa shape index (κ2) is 8.95. The van der Waals surface area contributed by atoms with Gasteiger partial charge in [0.2, 0.25) is 0 Å². The number of aliphatic carboxylic acids is 2. The molecule has 2 aromatic carbocycles. The molecule has 0 aliphatic carbocycles. The summed E-state index contributed by atoms with van der Waals surface area (Å²) in [6.45, 7) is 2.03. The number of rotatable bonds is 2. The number of hydrogen-bond donors (Lipinski definition) is 3. The summed E-state index contributed by atoms with van der Waals surface area (Å²) in [5.41, 5.74) is 1.18. The Kier molecular flexibility index (Phi) is 6.38. The average Bonchev–Trinajstić information content (AvgIpc) is 2.82. The molecule has 2 aromatic rings. The van der Waals surface area contributed by atoms with Gasteiger partial charge in [0, 0.05) is 35.5 Å². The molecular weight excluding hydrogens is 378 g/mol. The summed E-state index contributed by atoms with van der Waals surface area (Å²) >= 11 is 1.83. The SMILES string of the molecule is O=C(O)/C=C\C(=O)O.c1ccc2c(c1)OC1(CCNCC1)c1ccccc1S2. The van der Waals surface area contributed by atoms with Crippen LogP contribution in [0.25, 0.3) is 0 Å². The summed E-state index contributed by atoms with van der Waals surface area (Å²) in [6.07, 6.45) is 3.17. The Balaban J connectivity index is 0.000000242. The molecule has 0 atom stereocenters. The molecule has 1 spiro atoms. The van der Waals surface area contributed by atoms with Crippen molar-refractivity contribution >= 4 is 23.7 Å². The summed E-state index contributed by atoms with van der Waals surface area (Å²) < 4.78 is 6.55. The van der Waals surface area contributed by atoms with Crippen LogP contribution in [0.2, 0.25) is 0 Å². The number of carboxylic acid groups (broad SMARTS) is 2. The Morgan fingerprint density at radius 1 is 0.929 bits per heavy atom. The van der Waals surface area contributed by atoms with Crippen LogP contribution in [-0.2, 0) is 15.2 Å². The average molecular weight is 399 g/mol. The maximum atomic E-state index is 9.55. The summed E-state index contributed by atoms with van der Waals surface area (Å²) in [6, 6.07) is 17.1. The first-order valence-corrected chi connectivity index (χ1v) is 9.72. The number of hydrogen-bond acceptors (Lipinski definition) is 5. The van der Waals surface area contributed by atoms with Crippen molar-refractivity contribution < 1.29 is 24.5 Å². The van der Waals surface area contributed by atoms with Gasteiger partial charge in [-0.15, -0.1) is 0 Å². The molecule has 2 heterocycles. The first-order valence-electron chi connectivity index (χ1n) is 8.90. The first kappa shape index (κ1) is 20.0. The van der Waals surface area contributed by atoms with Gasteiger partial charge in [0.05, 0.1) is 4.90 Å². The summed E-state index contributed by atoms with van der Waals surface area (Å²) in [7, 11) is 0. The number of para-hydroxylation sites is 1. The molecular formula is C21H21NO5S. The van der Waals surface area contributed by atoms with Crippen LogP contribution < -0.4 is 10.1 Å². The molecule has 0 unspecified atom stereocenters. The van der Waals surface area contributed by atoms with Crippen LogP contribution in [0.3, 0.4) is 0 Å². The molecule has 0 radical (unpaired) electrons. The van der Waals surface area contributed by atoms with Crippen molar-refractivity contribution in [1.82, 2.24) is 5.32 Å². The third-order valence-electron chi connectivity index (χ3n) is 4.53. The number of piperidine rings is 1. The van der Waals surface area contributed by atoms with Crippen LogP contribution in [0.1, 0.15) is 18.4 Å². The van der Waals surface area contributed by atoms with E-state index >= 15 is 0 Å². The molecule has 146 valence electrons. The lowest BCUT2D eigenvalue weighted by Gasteiger charge is -2.38. The molecule has 1 saturated heterocycles. The minimum absolute atomic E-state index is 0.165. The highest BCUT2D eigenvalue weighted by atomic mass is 32.2. The lowest BCUT2D eigenvalue weighted by Crippen LogP contribution is -2.44. The predicted molar refractivity (Wildman–Crippen MR) is 106 cm³/mol. The second-order valence-corrected chi connectivity index (χ2v) is 7.48. The molecule has 0 bridgehead atoms. The van der Waals surface area contributed by atoms with E-state index in [1.54, 1.807) is 0 Å². The maximum Gasteiger partial charge on any atom is 0.328 e. The summed E-state index contributed by atoms with van der Waals surface area (Å²) in [4.78, 5) is 21.7. The van der Waals surface area contributed by atoms with Crippen molar-refractivity contribution in [3.63, 3.8) is 0 Å². The van der Waals surface area contributed by atoms with Crippen molar-refractivity contribution in [3.05, 3.63) is 66.2 Å². The van der Waals surface area contributed by atoms with Crippen LogP contribution in [0, 0.1) is 0 Å². The predicted octanol–water partition coefficient (Wildman–Crippen LogP) is 3.52. The molecule has 0 aromatic heterocycles. The molecule has 3 N–H and O–H groups in total. The smallest absolute Gasteiger partial charge is 0.328 e. The molecule has 2 aliphatic rings. The van der Waals surface area contributed by atoms with Crippen LogP contribution in [0.15, 0.2) is 70.5 Å². The first-order chi connectivity index (χ1) is 13.5. The molecule has 0 saturated carbocycles. The molecule has 4 rings (SSSR count). The zero-order chi connectivity index (χ0) is 20.0. The van der Waals surface area contributed by atoms with Crippen molar-refractivity contribution in [2.75, 3.05) is 13.1 Å². The van der Waals surface area contributed by atoms with Gasteiger partial charge >= 0.3 is 11.9 Å². The standard InChI is InChI=1S/C17H17NOS.C4H4O4/c1-3-7-15-13(5-1)17(9-11-18-12-10-17)19-14-6-2-4-8-16(14)20-15;5-3(6)1-2-4(7)8/h1-8,18H,9-12H2;1-2H,(H,5,6)(H,7,8)/b;2-1-. The summed E-state index contributed by atoms with van der Waals surface area (Å²) in [5, 5.41) is 19.1. The van der Waals surface area contributed by atoms with Gasteiger partial charge in [-0.3, -0.25) is 0 Å². The molecule has 6 nitrogen and oxygen atoms in total. The number of carboxylic acids is 2. The zero-order valence-corrected chi connectivity index (χ0v) is 15.9. The minimum atomic E-state index is -1.26. The summed E-state index contributed by atoms with van der Waals surface area (Å²) in [5.74, 6) is -1.49. The zero-order valence-electron chi connectivity index (χ0n) is 15.1. The highest BCUT2D eigenvalue weighted by molar-refractivity contribution is 7.99. The fraction of sp³-hybridized carbons (Fsp3) is 0.238. The third kappa shape index (κ3) is 4.74. The topological polar surface area (TPSA) is 95.9 Å². The Bertz CT molecular complexity index is 874. The van der Waals surface area contributed by atoms with E-state index in [-0.39, 0.29) is 5.60 Å². The molecule has 0 amide bonds. The molecule has 28 heavy (non-hydrogen) atoms. The number of benzene rings is 2. The fourth-order valence-electron chi connectivity index (χ4n) is 3.28. The maximum absolute atomic E-state index is 9.55. The van der Waals surface area contributed by atoms with Crippen molar-refractivity contribution in [2.45, 2.75) is 28.2 Å². The van der Waals surface area contributed by atoms with Gasteiger partial charge in [0.15, 0.2) is 0 Å². The van der Waals surface area contributed by atoms with E-state index in [0.717, 1.165) is 31.7 Å². The number of carbonyl (C=O) groups is 2. The van der Waals surface area contributed by atoms with Crippen molar-refractivity contribution in [1.29, 1.82) is 0 Å². The molecule has 1 fully saturated rings. The Morgan fingerprint density at radius 3 is 2.14 bits per heavy atom. The van der Waals surface area contributed by atoms with Gasteiger partial charge in [-0.25, -0.2) is 9.59 Å². The second-order valence-electron chi connectivity index (χ2n) is 6.40. The Morgan fingerprint density at radius 2 is 1.50 bits per heavy atom. The van der Waals surface area contributed by atoms with E-state index in [9.17, 15) is 9.59 Å².